The monoisotopic (exact) mass is 338 g/mol. The van der Waals surface area contributed by atoms with Crippen molar-refractivity contribution in [3.05, 3.63) is 54.1 Å². The molecule has 0 saturated heterocycles. The molecule has 1 atom stereocenters. The number of halogens is 4. The summed E-state index contributed by atoms with van der Waals surface area (Å²) in [6, 6.07) is 5.71. The molecule has 2 aromatic rings. The number of aryl methyl sites for hydroxylation is 2. The molecule has 0 aliphatic carbocycles. The van der Waals surface area contributed by atoms with Gasteiger partial charge in [0.1, 0.15) is 0 Å². The first-order chi connectivity index (χ1) is 8.40. The largest absolute Gasteiger partial charge is 0.112 e. The van der Waals surface area contributed by atoms with Crippen LogP contribution in [-0.2, 0) is 0 Å². The zero-order valence-corrected chi connectivity index (χ0v) is 13.6. The molecule has 0 aliphatic heterocycles. The molecule has 0 radical (unpaired) electrons. The van der Waals surface area contributed by atoms with Crippen molar-refractivity contribution in [3.63, 3.8) is 0 Å². The minimum atomic E-state index is -0.381. The van der Waals surface area contributed by atoms with E-state index in [1.165, 1.54) is 11.3 Å². The van der Waals surface area contributed by atoms with E-state index in [9.17, 15) is 0 Å². The van der Waals surface area contributed by atoms with Crippen molar-refractivity contribution >= 4 is 57.7 Å². The summed E-state index contributed by atoms with van der Waals surface area (Å²) in [5.74, 6) is 0. The number of alkyl halides is 1. The van der Waals surface area contributed by atoms with Crippen LogP contribution < -0.4 is 0 Å². The van der Waals surface area contributed by atoms with Crippen molar-refractivity contribution in [2.45, 2.75) is 19.2 Å². The Morgan fingerprint density at radius 3 is 2.11 bits per heavy atom. The lowest BCUT2D eigenvalue weighted by Crippen LogP contribution is -1.95. The van der Waals surface area contributed by atoms with Gasteiger partial charge in [0.05, 0.1) is 14.0 Å². The average Bonchev–Trinajstić information content (AvgIpc) is 2.62. The SMILES string of the molecule is Cc1cc(Cl)c(C(Cl)c2cc(Cl)sc2Cl)cc1C. The van der Waals surface area contributed by atoms with Crippen molar-refractivity contribution < 1.29 is 0 Å². The summed E-state index contributed by atoms with van der Waals surface area (Å²) in [7, 11) is 0. The fraction of sp³-hybridized carbons (Fsp3) is 0.231. The van der Waals surface area contributed by atoms with Crippen LogP contribution >= 0.6 is 57.7 Å². The third-order valence-electron chi connectivity index (χ3n) is 2.84. The third kappa shape index (κ3) is 2.81. The van der Waals surface area contributed by atoms with E-state index < -0.39 is 0 Å². The molecule has 18 heavy (non-hydrogen) atoms. The Hall–Kier alpha value is 0.0800. The highest BCUT2D eigenvalue weighted by molar-refractivity contribution is 7.20. The summed E-state index contributed by atoms with van der Waals surface area (Å²) < 4.78 is 1.23. The molecule has 1 heterocycles. The molecule has 0 nitrogen and oxygen atoms in total. The Morgan fingerprint density at radius 1 is 0.944 bits per heavy atom. The Labute approximate surface area is 130 Å². The lowest BCUT2D eigenvalue weighted by molar-refractivity contribution is 1.14. The van der Waals surface area contributed by atoms with Gasteiger partial charge in [-0.1, -0.05) is 40.9 Å². The second-order valence-corrected chi connectivity index (χ2v) is 7.23. The van der Waals surface area contributed by atoms with Gasteiger partial charge < -0.3 is 0 Å². The highest BCUT2D eigenvalue weighted by atomic mass is 35.5. The third-order valence-corrected chi connectivity index (χ3v) is 5.16. The Kier molecular flexibility index (Phi) is 4.51. The number of hydrogen-bond acceptors (Lipinski definition) is 1. The van der Waals surface area contributed by atoms with Gasteiger partial charge in [0.2, 0.25) is 0 Å². The second kappa shape index (κ2) is 5.60. The molecule has 1 unspecified atom stereocenters. The van der Waals surface area contributed by atoms with E-state index in [1.54, 1.807) is 6.07 Å². The molecular weight excluding hydrogens is 330 g/mol. The van der Waals surface area contributed by atoms with E-state index in [2.05, 4.69) is 0 Å². The molecule has 1 aromatic heterocycles. The second-order valence-electron chi connectivity index (χ2n) is 4.10. The first-order valence-electron chi connectivity index (χ1n) is 5.25. The predicted molar refractivity (Wildman–Crippen MR) is 83.0 cm³/mol. The van der Waals surface area contributed by atoms with Crippen molar-refractivity contribution in [2.75, 3.05) is 0 Å². The molecule has 96 valence electrons. The summed E-state index contributed by atoms with van der Waals surface area (Å²) in [4.78, 5) is 0. The summed E-state index contributed by atoms with van der Waals surface area (Å²) >= 11 is 26.1. The molecule has 0 fully saturated rings. The zero-order valence-electron chi connectivity index (χ0n) is 9.73. The van der Waals surface area contributed by atoms with Gasteiger partial charge in [0.25, 0.3) is 0 Å². The molecule has 0 saturated carbocycles. The van der Waals surface area contributed by atoms with E-state index >= 15 is 0 Å². The van der Waals surface area contributed by atoms with E-state index in [1.807, 2.05) is 26.0 Å². The van der Waals surface area contributed by atoms with Crippen molar-refractivity contribution in [2.24, 2.45) is 0 Å². The Bertz CT molecular complexity index is 589. The highest BCUT2D eigenvalue weighted by Gasteiger charge is 2.20. The molecule has 0 aliphatic rings. The van der Waals surface area contributed by atoms with Crippen molar-refractivity contribution in [1.82, 2.24) is 0 Å². The topological polar surface area (TPSA) is 0 Å². The highest BCUT2D eigenvalue weighted by Crippen LogP contribution is 2.42. The predicted octanol–water partition coefficient (Wildman–Crippen LogP) is 6.65. The Morgan fingerprint density at radius 2 is 1.56 bits per heavy atom. The van der Waals surface area contributed by atoms with Crippen molar-refractivity contribution in [1.29, 1.82) is 0 Å². The molecule has 1 aromatic carbocycles. The minimum Gasteiger partial charge on any atom is -0.112 e. The first-order valence-corrected chi connectivity index (χ1v) is 7.64. The van der Waals surface area contributed by atoms with E-state index in [0.29, 0.717) is 13.7 Å². The number of hydrogen-bond donors (Lipinski definition) is 0. The van der Waals surface area contributed by atoms with Crippen molar-refractivity contribution in [3.8, 4) is 0 Å². The number of benzene rings is 1. The molecular formula is C13H10Cl4S. The lowest BCUT2D eigenvalue weighted by atomic mass is 10.0. The lowest BCUT2D eigenvalue weighted by Gasteiger charge is -2.13. The van der Waals surface area contributed by atoms with Crippen LogP contribution in [0.25, 0.3) is 0 Å². The normalized spacial score (nSPS) is 12.8. The Balaban J connectivity index is 2.49. The standard InChI is InChI=1S/C13H10Cl4S/c1-6-3-8(10(14)4-7(6)2)12(16)9-5-11(15)18-13(9)17/h3-5,12H,1-2H3. The molecule has 5 heteroatoms. The van der Waals surface area contributed by atoms with Gasteiger partial charge in [0, 0.05) is 10.6 Å². The smallest absolute Gasteiger partial charge is 0.0994 e. The van der Waals surface area contributed by atoms with Gasteiger partial charge in [-0.25, -0.2) is 0 Å². The van der Waals surface area contributed by atoms with E-state index in [-0.39, 0.29) is 5.38 Å². The molecule has 0 amide bonds. The van der Waals surface area contributed by atoms with E-state index in [4.69, 9.17) is 46.4 Å². The van der Waals surface area contributed by atoms with Crippen LogP contribution in [0.15, 0.2) is 18.2 Å². The van der Waals surface area contributed by atoms with Gasteiger partial charge in [0.15, 0.2) is 0 Å². The molecule has 0 bridgehead atoms. The van der Waals surface area contributed by atoms with Crippen LogP contribution in [0, 0.1) is 13.8 Å². The van der Waals surface area contributed by atoms with Crippen LogP contribution in [0.3, 0.4) is 0 Å². The molecule has 2 rings (SSSR count). The quantitative estimate of drug-likeness (QED) is 0.537. The van der Waals surface area contributed by atoms with Gasteiger partial charge in [-0.15, -0.1) is 22.9 Å². The summed E-state index contributed by atoms with van der Waals surface area (Å²) in [5.41, 5.74) is 3.95. The van der Waals surface area contributed by atoms with Gasteiger partial charge in [-0.05, 0) is 42.7 Å². The fourth-order valence-electron chi connectivity index (χ4n) is 1.69. The van der Waals surface area contributed by atoms with Gasteiger partial charge >= 0.3 is 0 Å². The summed E-state index contributed by atoms with van der Waals surface area (Å²) in [5, 5.41) is 0.268. The maximum Gasteiger partial charge on any atom is 0.0994 e. The summed E-state index contributed by atoms with van der Waals surface area (Å²) in [6.45, 7) is 4.05. The maximum atomic E-state index is 6.46. The maximum absolute atomic E-state index is 6.46. The van der Waals surface area contributed by atoms with Crippen LogP contribution in [0.5, 0.6) is 0 Å². The average molecular weight is 340 g/mol. The molecule has 0 N–H and O–H groups in total. The van der Waals surface area contributed by atoms with Crippen LogP contribution in [-0.4, -0.2) is 0 Å². The van der Waals surface area contributed by atoms with Gasteiger partial charge in [-0.3, -0.25) is 0 Å². The molecule has 0 spiro atoms. The fourth-order valence-corrected chi connectivity index (χ4v) is 4.08. The number of rotatable bonds is 2. The van der Waals surface area contributed by atoms with Crippen LogP contribution in [0.2, 0.25) is 13.7 Å². The van der Waals surface area contributed by atoms with Gasteiger partial charge in [-0.2, -0.15) is 0 Å². The first kappa shape index (κ1) is 14.5. The van der Waals surface area contributed by atoms with Crippen LogP contribution in [0.1, 0.15) is 27.6 Å². The minimum absolute atomic E-state index is 0.381. The number of thiophene rings is 1. The summed E-state index contributed by atoms with van der Waals surface area (Å²) in [6.07, 6.45) is 0. The van der Waals surface area contributed by atoms with Crippen LogP contribution in [0.4, 0.5) is 0 Å². The van der Waals surface area contributed by atoms with E-state index in [0.717, 1.165) is 22.3 Å². The zero-order chi connectivity index (χ0) is 13.4.